The second kappa shape index (κ2) is 11.6. The Labute approximate surface area is 302 Å². The van der Waals surface area contributed by atoms with Crippen molar-refractivity contribution in [2.45, 2.75) is 19.3 Å². The SMILES string of the molecule is CC1(C)c2ccccc2-c2ccc(N(c3ccc(-c4cccc5c4ccc4c6ccccc6sc54)cc3)c3ccccc3-c3ccccc3)cc21. The first kappa shape index (κ1) is 29.9. The molecule has 2 heteroatoms. The van der Waals surface area contributed by atoms with Crippen LogP contribution in [0.5, 0.6) is 0 Å². The summed E-state index contributed by atoms with van der Waals surface area (Å²) in [6.07, 6.45) is 0. The van der Waals surface area contributed by atoms with Crippen molar-refractivity contribution in [2.75, 3.05) is 4.90 Å². The van der Waals surface area contributed by atoms with E-state index in [-0.39, 0.29) is 5.41 Å². The molecule has 0 spiro atoms. The predicted molar refractivity (Wildman–Crippen MR) is 220 cm³/mol. The van der Waals surface area contributed by atoms with E-state index in [0.29, 0.717) is 0 Å². The molecule has 0 fully saturated rings. The van der Waals surface area contributed by atoms with E-state index in [1.165, 1.54) is 75.5 Å². The molecule has 1 heterocycles. The largest absolute Gasteiger partial charge is 0.310 e. The molecular formula is C49H35NS. The Bertz CT molecular complexity index is 2770. The molecule has 0 amide bonds. The molecule has 0 atom stereocenters. The molecule has 1 aliphatic carbocycles. The van der Waals surface area contributed by atoms with E-state index in [4.69, 9.17) is 0 Å². The van der Waals surface area contributed by atoms with Gasteiger partial charge in [-0.05, 0) is 80.7 Å². The summed E-state index contributed by atoms with van der Waals surface area (Å²) in [7, 11) is 0. The fourth-order valence-electron chi connectivity index (χ4n) is 8.37. The third kappa shape index (κ3) is 4.67. The van der Waals surface area contributed by atoms with E-state index >= 15 is 0 Å². The Balaban J connectivity index is 1.13. The summed E-state index contributed by atoms with van der Waals surface area (Å²) in [6, 6.07) is 64.8. The van der Waals surface area contributed by atoms with Crippen molar-refractivity contribution in [1.29, 1.82) is 0 Å². The Morgan fingerprint density at radius 1 is 0.412 bits per heavy atom. The van der Waals surface area contributed by atoms with E-state index < -0.39 is 0 Å². The lowest BCUT2D eigenvalue weighted by Crippen LogP contribution is -2.16. The molecule has 1 nitrogen and oxygen atoms in total. The van der Waals surface area contributed by atoms with Crippen LogP contribution < -0.4 is 4.90 Å². The van der Waals surface area contributed by atoms with Crippen LogP contribution in [0.3, 0.4) is 0 Å². The minimum atomic E-state index is -0.0927. The topological polar surface area (TPSA) is 3.24 Å². The maximum Gasteiger partial charge on any atom is 0.0540 e. The normalized spacial score (nSPS) is 13.1. The summed E-state index contributed by atoms with van der Waals surface area (Å²) >= 11 is 1.89. The average Bonchev–Trinajstić information content (AvgIpc) is 3.68. The smallest absolute Gasteiger partial charge is 0.0540 e. The number of rotatable bonds is 5. The fraction of sp³-hybridized carbons (Fsp3) is 0.0612. The predicted octanol–water partition coefficient (Wildman–Crippen LogP) is 14.3. The van der Waals surface area contributed by atoms with Gasteiger partial charge in [0.15, 0.2) is 0 Å². The van der Waals surface area contributed by atoms with Crippen LogP contribution in [0.4, 0.5) is 17.1 Å². The highest BCUT2D eigenvalue weighted by Gasteiger charge is 2.35. The summed E-state index contributed by atoms with van der Waals surface area (Å²) in [5, 5.41) is 5.28. The molecule has 0 saturated carbocycles. The van der Waals surface area contributed by atoms with Crippen molar-refractivity contribution in [3.63, 3.8) is 0 Å². The van der Waals surface area contributed by atoms with Crippen molar-refractivity contribution in [3.05, 3.63) is 187 Å². The number of anilines is 3. The quantitative estimate of drug-likeness (QED) is 0.176. The van der Waals surface area contributed by atoms with Crippen LogP contribution in [-0.4, -0.2) is 0 Å². The minimum Gasteiger partial charge on any atom is -0.310 e. The molecule has 0 N–H and O–H groups in total. The summed E-state index contributed by atoms with van der Waals surface area (Å²) in [5.41, 5.74) is 13.6. The Kier molecular flexibility index (Phi) is 6.78. The monoisotopic (exact) mass is 669 g/mol. The van der Waals surface area contributed by atoms with E-state index in [0.717, 1.165) is 17.1 Å². The first-order valence-corrected chi connectivity index (χ1v) is 18.5. The van der Waals surface area contributed by atoms with Gasteiger partial charge in [0.25, 0.3) is 0 Å². The van der Waals surface area contributed by atoms with Gasteiger partial charge in [-0.2, -0.15) is 0 Å². The Hall–Kier alpha value is -5.96. The summed E-state index contributed by atoms with van der Waals surface area (Å²) < 4.78 is 2.70. The first-order chi connectivity index (χ1) is 25.1. The van der Waals surface area contributed by atoms with Crippen molar-refractivity contribution in [2.24, 2.45) is 0 Å². The van der Waals surface area contributed by atoms with Crippen LogP contribution in [0.2, 0.25) is 0 Å². The molecule has 8 aromatic carbocycles. The molecule has 10 rings (SSSR count). The number of hydrogen-bond donors (Lipinski definition) is 0. The molecule has 9 aromatic rings. The van der Waals surface area contributed by atoms with Gasteiger partial charge in [0, 0.05) is 47.9 Å². The van der Waals surface area contributed by atoms with E-state index in [9.17, 15) is 0 Å². The van der Waals surface area contributed by atoms with Crippen molar-refractivity contribution in [1.82, 2.24) is 0 Å². The number of fused-ring (bicyclic) bond motifs is 8. The Morgan fingerprint density at radius 3 is 1.88 bits per heavy atom. The second-order valence-electron chi connectivity index (χ2n) is 14.1. The van der Waals surface area contributed by atoms with Crippen molar-refractivity contribution in [3.8, 4) is 33.4 Å². The van der Waals surface area contributed by atoms with Gasteiger partial charge < -0.3 is 4.90 Å². The lowest BCUT2D eigenvalue weighted by molar-refractivity contribution is 0.660. The van der Waals surface area contributed by atoms with Crippen LogP contribution in [0.15, 0.2) is 176 Å². The molecule has 1 aliphatic rings. The van der Waals surface area contributed by atoms with Gasteiger partial charge in [-0.25, -0.2) is 0 Å². The maximum absolute atomic E-state index is 2.44. The van der Waals surface area contributed by atoms with Gasteiger partial charge in [-0.15, -0.1) is 11.3 Å². The van der Waals surface area contributed by atoms with Gasteiger partial charge in [0.05, 0.1) is 5.69 Å². The fourth-order valence-corrected chi connectivity index (χ4v) is 9.60. The average molecular weight is 670 g/mol. The zero-order valence-electron chi connectivity index (χ0n) is 28.6. The molecule has 0 bridgehead atoms. The number of hydrogen-bond acceptors (Lipinski definition) is 2. The summed E-state index contributed by atoms with van der Waals surface area (Å²) in [5.74, 6) is 0. The molecule has 51 heavy (non-hydrogen) atoms. The van der Waals surface area contributed by atoms with Gasteiger partial charge in [-0.3, -0.25) is 0 Å². The standard InChI is InChI=1S/C49H35NS/c1-49(2)44-20-9-6-16-39(44)40-28-27-35(31-45(40)49)50(46-21-10-7-15-37(46)32-13-4-3-5-14-32)34-25-23-33(24-26-34)36-18-12-19-42-38(36)29-30-43-41-17-8-11-22-47(41)51-48(42)43/h3-31H,1-2H3. The number of nitrogens with zero attached hydrogens (tertiary/aromatic N) is 1. The Morgan fingerprint density at radius 2 is 1.02 bits per heavy atom. The zero-order valence-corrected chi connectivity index (χ0v) is 29.4. The number of benzene rings is 8. The van der Waals surface area contributed by atoms with E-state index in [1.54, 1.807) is 0 Å². The minimum absolute atomic E-state index is 0.0927. The van der Waals surface area contributed by atoms with Crippen LogP contribution >= 0.6 is 11.3 Å². The third-order valence-corrected chi connectivity index (χ3v) is 12.1. The maximum atomic E-state index is 2.44. The molecule has 0 saturated heterocycles. The second-order valence-corrected chi connectivity index (χ2v) is 15.2. The lowest BCUT2D eigenvalue weighted by Gasteiger charge is -2.30. The van der Waals surface area contributed by atoms with Crippen molar-refractivity contribution < 1.29 is 0 Å². The highest BCUT2D eigenvalue weighted by molar-refractivity contribution is 7.26. The summed E-state index contributed by atoms with van der Waals surface area (Å²) in [4.78, 5) is 2.44. The zero-order chi connectivity index (χ0) is 34.1. The summed E-state index contributed by atoms with van der Waals surface area (Å²) in [6.45, 7) is 4.71. The van der Waals surface area contributed by atoms with Crippen LogP contribution in [0, 0.1) is 0 Å². The third-order valence-electron chi connectivity index (χ3n) is 10.9. The van der Waals surface area contributed by atoms with Gasteiger partial charge in [0.1, 0.15) is 0 Å². The van der Waals surface area contributed by atoms with Crippen LogP contribution in [0.1, 0.15) is 25.0 Å². The molecule has 0 unspecified atom stereocenters. The highest BCUT2D eigenvalue weighted by atomic mass is 32.1. The van der Waals surface area contributed by atoms with Gasteiger partial charge >= 0.3 is 0 Å². The molecule has 242 valence electrons. The molecular weight excluding hydrogens is 635 g/mol. The van der Waals surface area contributed by atoms with Gasteiger partial charge in [0.2, 0.25) is 0 Å². The number of thiophene rings is 1. The highest BCUT2D eigenvalue weighted by Crippen LogP contribution is 2.51. The van der Waals surface area contributed by atoms with Gasteiger partial charge in [-0.1, -0.05) is 153 Å². The lowest BCUT2D eigenvalue weighted by atomic mass is 9.82. The van der Waals surface area contributed by atoms with E-state index in [2.05, 4.69) is 195 Å². The molecule has 0 aliphatic heterocycles. The molecule has 1 aromatic heterocycles. The first-order valence-electron chi connectivity index (χ1n) is 17.7. The van der Waals surface area contributed by atoms with Crippen LogP contribution in [-0.2, 0) is 5.41 Å². The van der Waals surface area contributed by atoms with Crippen LogP contribution in [0.25, 0.3) is 64.3 Å². The van der Waals surface area contributed by atoms with Crippen molar-refractivity contribution >= 4 is 59.3 Å². The number of para-hydroxylation sites is 1. The molecule has 0 radical (unpaired) electrons. The van der Waals surface area contributed by atoms with E-state index in [1.807, 2.05) is 11.3 Å².